The third-order valence-corrected chi connectivity index (χ3v) is 4.27. The fourth-order valence-electron chi connectivity index (χ4n) is 3.29. The molecule has 1 amide bonds. The molecule has 2 atom stereocenters. The first kappa shape index (κ1) is 15.7. The van der Waals surface area contributed by atoms with E-state index < -0.39 is 0 Å². The van der Waals surface area contributed by atoms with Crippen LogP contribution in [0, 0.1) is 11.8 Å². The minimum atomic E-state index is -0.280. The van der Waals surface area contributed by atoms with Gasteiger partial charge in [-0.15, -0.1) is 0 Å². The maximum Gasteiger partial charge on any atom is 0.290 e. The van der Waals surface area contributed by atoms with Crippen LogP contribution in [-0.4, -0.2) is 38.7 Å². The molecule has 5 heteroatoms. The summed E-state index contributed by atoms with van der Waals surface area (Å²) in [5.74, 6) is -0.383. The van der Waals surface area contributed by atoms with E-state index in [0.717, 1.165) is 25.8 Å². The van der Waals surface area contributed by atoms with Crippen LogP contribution in [0.5, 0.6) is 0 Å². The number of carbonyl (C=O) groups excluding carboxylic acids is 2. The number of Topliss-reactive ketones (excluding diaryl/α,β-unsaturated/α-hetero) is 1. The minimum Gasteiger partial charge on any atom is -0.337 e. The fraction of sp³-hybridized carbons (Fsp3) is 0.688. The number of hydrogen-bond donors (Lipinski definition) is 0. The molecule has 0 N–H and O–H groups in total. The van der Waals surface area contributed by atoms with Gasteiger partial charge in [0.1, 0.15) is 0 Å². The topological polar surface area (TPSA) is 55.2 Å². The van der Waals surface area contributed by atoms with Gasteiger partial charge in [0, 0.05) is 31.5 Å². The van der Waals surface area contributed by atoms with Crippen LogP contribution in [0.2, 0.25) is 0 Å². The largest absolute Gasteiger partial charge is 0.337 e. The van der Waals surface area contributed by atoms with Gasteiger partial charge in [0.05, 0.1) is 12.2 Å². The minimum absolute atomic E-state index is 0.0813. The van der Waals surface area contributed by atoms with Gasteiger partial charge in [0.15, 0.2) is 0 Å². The number of nitrogens with zero attached hydrogens (tertiary/aromatic N) is 3. The Morgan fingerprint density at radius 1 is 1.29 bits per heavy atom. The summed E-state index contributed by atoms with van der Waals surface area (Å²) in [6.45, 7) is 7.65. The standard InChI is InChI=1S/C16H25N3O2/c1-4-6-13-14(12(2)3)15(20)16(21)19(13)9-5-8-18-10-7-17-11-18/h7,10-14H,4-6,8-9H2,1-3H3. The van der Waals surface area contributed by atoms with Gasteiger partial charge in [-0.25, -0.2) is 4.98 Å². The van der Waals surface area contributed by atoms with Crippen molar-refractivity contribution in [1.29, 1.82) is 0 Å². The third-order valence-electron chi connectivity index (χ3n) is 4.27. The number of hydrogen-bond acceptors (Lipinski definition) is 3. The summed E-state index contributed by atoms with van der Waals surface area (Å²) >= 11 is 0. The number of imidazole rings is 1. The molecule has 0 aliphatic carbocycles. The Labute approximate surface area is 126 Å². The van der Waals surface area contributed by atoms with Crippen molar-refractivity contribution in [3.8, 4) is 0 Å². The first-order valence-corrected chi connectivity index (χ1v) is 7.86. The van der Waals surface area contributed by atoms with Crippen LogP contribution in [0.25, 0.3) is 0 Å². The highest BCUT2D eigenvalue weighted by Crippen LogP contribution is 2.31. The van der Waals surface area contributed by atoms with Crippen molar-refractivity contribution in [3.05, 3.63) is 18.7 Å². The third kappa shape index (κ3) is 3.34. The SMILES string of the molecule is CCCC1C(C(C)C)C(=O)C(=O)N1CCCn1ccnc1. The lowest BCUT2D eigenvalue weighted by molar-refractivity contribution is -0.141. The monoisotopic (exact) mass is 291 g/mol. The van der Waals surface area contributed by atoms with Crippen LogP contribution in [0.15, 0.2) is 18.7 Å². The summed E-state index contributed by atoms with van der Waals surface area (Å²) in [6.07, 6.45) is 8.19. The van der Waals surface area contributed by atoms with Gasteiger partial charge in [0.25, 0.3) is 5.91 Å². The van der Waals surface area contributed by atoms with Crippen molar-refractivity contribution in [2.24, 2.45) is 11.8 Å². The maximum atomic E-state index is 12.3. The molecule has 0 spiro atoms. The first-order valence-electron chi connectivity index (χ1n) is 7.86. The first-order chi connectivity index (χ1) is 10.1. The summed E-state index contributed by atoms with van der Waals surface area (Å²) in [4.78, 5) is 30.3. The van der Waals surface area contributed by atoms with Crippen molar-refractivity contribution in [1.82, 2.24) is 14.5 Å². The molecule has 1 aliphatic rings. The predicted octanol–water partition coefficient (Wildman–Crippen LogP) is 2.13. The van der Waals surface area contributed by atoms with E-state index in [1.807, 2.05) is 29.5 Å². The highest BCUT2D eigenvalue weighted by Gasteiger charge is 2.47. The molecule has 5 nitrogen and oxygen atoms in total. The second-order valence-electron chi connectivity index (χ2n) is 6.14. The lowest BCUT2D eigenvalue weighted by Gasteiger charge is -2.28. The number of ketones is 1. The Bertz CT molecular complexity index is 482. The number of aryl methyl sites for hydroxylation is 1. The summed E-state index contributed by atoms with van der Waals surface area (Å²) in [6, 6.07) is 0.0813. The zero-order valence-corrected chi connectivity index (χ0v) is 13.2. The van der Waals surface area contributed by atoms with Crippen LogP contribution < -0.4 is 0 Å². The number of likely N-dealkylation sites (tertiary alicyclic amines) is 1. The Hall–Kier alpha value is -1.65. The molecule has 21 heavy (non-hydrogen) atoms. The number of carbonyl (C=O) groups is 2. The van der Waals surface area contributed by atoms with Gasteiger partial charge in [0.2, 0.25) is 5.78 Å². The zero-order chi connectivity index (χ0) is 15.4. The van der Waals surface area contributed by atoms with E-state index in [4.69, 9.17) is 0 Å². The normalized spacial score (nSPS) is 22.6. The summed E-state index contributed by atoms with van der Waals surface area (Å²) < 4.78 is 2.00. The van der Waals surface area contributed by atoms with Crippen LogP contribution in [-0.2, 0) is 16.1 Å². The number of aromatic nitrogens is 2. The Morgan fingerprint density at radius 2 is 2.05 bits per heavy atom. The van der Waals surface area contributed by atoms with Crippen LogP contribution >= 0.6 is 0 Å². The molecule has 0 radical (unpaired) electrons. The van der Waals surface area contributed by atoms with E-state index in [1.54, 1.807) is 12.5 Å². The Morgan fingerprint density at radius 3 is 2.62 bits per heavy atom. The van der Waals surface area contributed by atoms with E-state index in [2.05, 4.69) is 11.9 Å². The van der Waals surface area contributed by atoms with Crippen LogP contribution in [0.1, 0.15) is 40.0 Å². The average Bonchev–Trinajstić information content (AvgIpc) is 3.02. The molecule has 2 rings (SSSR count). The zero-order valence-electron chi connectivity index (χ0n) is 13.2. The molecule has 0 saturated carbocycles. The van der Waals surface area contributed by atoms with E-state index in [0.29, 0.717) is 6.54 Å². The molecule has 1 fully saturated rings. The average molecular weight is 291 g/mol. The van der Waals surface area contributed by atoms with Crippen LogP contribution in [0.3, 0.4) is 0 Å². The van der Waals surface area contributed by atoms with Crippen molar-refractivity contribution in [2.45, 2.75) is 52.6 Å². The molecular weight excluding hydrogens is 266 g/mol. The van der Waals surface area contributed by atoms with Crippen LogP contribution in [0.4, 0.5) is 0 Å². The van der Waals surface area contributed by atoms with Gasteiger partial charge in [-0.3, -0.25) is 9.59 Å². The molecule has 2 heterocycles. The maximum absolute atomic E-state index is 12.3. The van der Waals surface area contributed by atoms with E-state index in [9.17, 15) is 9.59 Å². The molecule has 0 aromatic carbocycles. The summed E-state index contributed by atoms with van der Waals surface area (Å²) in [5.41, 5.74) is 0. The molecular formula is C16H25N3O2. The smallest absolute Gasteiger partial charge is 0.290 e. The lowest BCUT2D eigenvalue weighted by atomic mass is 9.86. The predicted molar refractivity (Wildman–Crippen MR) is 80.6 cm³/mol. The van der Waals surface area contributed by atoms with Gasteiger partial charge >= 0.3 is 0 Å². The number of amides is 1. The molecule has 2 unspecified atom stereocenters. The molecule has 116 valence electrons. The quantitative estimate of drug-likeness (QED) is 0.723. The number of rotatable bonds is 7. The van der Waals surface area contributed by atoms with Crippen molar-refractivity contribution in [3.63, 3.8) is 0 Å². The van der Waals surface area contributed by atoms with Gasteiger partial charge < -0.3 is 9.47 Å². The van der Waals surface area contributed by atoms with E-state index in [-0.39, 0.29) is 29.6 Å². The fourth-order valence-corrected chi connectivity index (χ4v) is 3.29. The highest BCUT2D eigenvalue weighted by atomic mass is 16.2. The van der Waals surface area contributed by atoms with Gasteiger partial charge in [-0.05, 0) is 18.8 Å². The van der Waals surface area contributed by atoms with E-state index in [1.165, 1.54) is 0 Å². The van der Waals surface area contributed by atoms with Gasteiger partial charge in [-0.1, -0.05) is 27.2 Å². The Kier molecular flexibility index (Phi) is 5.15. The molecule has 1 saturated heterocycles. The highest BCUT2D eigenvalue weighted by molar-refractivity contribution is 6.39. The van der Waals surface area contributed by atoms with E-state index >= 15 is 0 Å². The van der Waals surface area contributed by atoms with Crippen molar-refractivity contribution < 1.29 is 9.59 Å². The molecule has 1 aromatic rings. The molecule has 1 aromatic heterocycles. The second kappa shape index (κ2) is 6.87. The van der Waals surface area contributed by atoms with Gasteiger partial charge in [-0.2, -0.15) is 0 Å². The summed E-state index contributed by atoms with van der Waals surface area (Å²) in [5, 5.41) is 0. The van der Waals surface area contributed by atoms with Crippen molar-refractivity contribution in [2.75, 3.05) is 6.54 Å². The Balaban J connectivity index is 2.01. The van der Waals surface area contributed by atoms with Crippen molar-refractivity contribution >= 4 is 11.7 Å². The summed E-state index contributed by atoms with van der Waals surface area (Å²) in [7, 11) is 0. The lowest BCUT2D eigenvalue weighted by Crippen LogP contribution is -2.37. The molecule has 0 bridgehead atoms. The molecule has 1 aliphatic heterocycles. The second-order valence-corrected chi connectivity index (χ2v) is 6.14.